The molecule has 0 radical (unpaired) electrons. The van der Waals surface area contributed by atoms with Gasteiger partial charge in [-0.3, -0.25) is 9.69 Å². The van der Waals surface area contributed by atoms with Crippen molar-refractivity contribution in [2.75, 3.05) is 46.9 Å². The van der Waals surface area contributed by atoms with E-state index in [1.54, 1.807) is 7.11 Å². The number of methoxy groups -OCH3 is 1. The van der Waals surface area contributed by atoms with Gasteiger partial charge in [-0.2, -0.15) is 0 Å². The molecule has 5 nitrogen and oxygen atoms in total. The summed E-state index contributed by atoms with van der Waals surface area (Å²) >= 11 is 0. The van der Waals surface area contributed by atoms with E-state index in [1.807, 2.05) is 12.1 Å². The molecule has 0 aliphatic carbocycles. The third-order valence-electron chi connectivity index (χ3n) is 7.01. The lowest BCUT2D eigenvalue weighted by atomic mass is 9.72. The Balaban J connectivity index is 1.37. The van der Waals surface area contributed by atoms with Crippen LogP contribution in [0.3, 0.4) is 0 Å². The summed E-state index contributed by atoms with van der Waals surface area (Å²) in [5.41, 5.74) is 1.61. The second kappa shape index (κ2) is 7.80. The Labute approximate surface area is 163 Å². The van der Waals surface area contributed by atoms with Gasteiger partial charge in [0.2, 0.25) is 5.91 Å². The van der Waals surface area contributed by atoms with E-state index >= 15 is 0 Å². The predicted molar refractivity (Wildman–Crippen MR) is 107 cm³/mol. The highest BCUT2D eigenvalue weighted by atomic mass is 16.5. The third kappa shape index (κ3) is 3.99. The lowest BCUT2D eigenvalue weighted by Gasteiger charge is -2.49. The summed E-state index contributed by atoms with van der Waals surface area (Å²) in [6.07, 6.45) is 5.36. The first kappa shape index (κ1) is 18.8. The van der Waals surface area contributed by atoms with Crippen molar-refractivity contribution in [3.63, 3.8) is 0 Å². The predicted octanol–water partition coefficient (Wildman–Crippen LogP) is 2.60. The molecule has 1 atom stereocenters. The standard InChI is InChI=1S/C22H33N3O2/c1-23-12-8-19(16-23)25-17-22(9-7-21(25)26)10-13-24(14-11-22)15-18-5-3-4-6-20(18)27-2/h3-6,19H,7-17H2,1-2H3/t19-/m0/s1. The van der Waals surface area contributed by atoms with Crippen LogP contribution in [-0.2, 0) is 11.3 Å². The zero-order valence-electron chi connectivity index (χ0n) is 16.8. The first-order valence-corrected chi connectivity index (χ1v) is 10.4. The minimum absolute atomic E-state index is 0.340. The van der Waals surface area contributed by atoms with E-state index in [-0.39, 0.29) is 0 Å². The molecule has 1 aromatic rings. The summed E-state index contributed by atoms with van der Waals surface area (Å²) in [4.78, 5) is 19.7. The average Bonchev–Trinajstić information content (AvgIpc) is 3.12. The molecule has 1 amide bonds. The molecular formula is C22H33N3O2. The molecule has 5 heteroatoms. The number of piperidine rings is 2. The van der Waals surface area contributed by atoms with Crippen molar-refractivity contribution in [3.8, 4) is 5.75 Å². The summed E-state index contributed by atoms with van der Waals surface area (Å²) < 4.78 is 5.51. The molecule has 0 bridgehead atoms. The van der Waals surface area contributed by atoms with E-state index in [9.17, 15) is 4.79 Å². The summed E-state index contributed by atoms with van der Waals surface area (Å²) in [6, 6.07) is 8.77. The van der Waals surface area contributed by atoms with Crippen LogP contribution in [0.1, 0.15) is 37.7 Å². The van der Waals surface area contributed by atoms with Crippen LogP contribution in [0.15, 0.2) is 24.3 Å². The second-order valence-electron chi connectivity index (χ2n) is 8.81. The number of ether oxygens (including phenoxy) is 1. The maximum Gasteiger partial charge on any atom is 0.222 e. The fraction of sp³-hybridized carbons (Fsp3) is 0.682. The fourth-order valence-corrected chi connectivity index (χ4v) is 5.21. The Bertz CT molecular complexity index is 669. The molecule has 0 N–H and O–H groups in total. The van der Waals surface area contributed by atoms with Crippen molar-refractivity contribution in [3.05, 3.63) is 29.8 Å². The van der Waals surface area contributed by atoms with Crippen molar-refractivity contribution in [2.24, 2.45) is 5.41 Å². The summed E-state index contributed by atoms with van der Waals surface area (Å²) in [7, 11) is 3.92. The van der Waals surface area contributed by atoms with Crippen LogP contribution in [-0.4, -0.2) is 73.5 Å². The Morgan fingerprint density at radius 2 is 1.93 bits per heavy atom. The highest BCUT2D eigenvalue weighted by Gasteiger charge is 2.43. The molecule has 1 spiro atoms. The number of nitrogens with zero attached hydrogens (tertiary/aromatic N) is 3. The van der Waals surface area contributed by atoms with Crippen LogP contribution in [0.5, 0.6) is 5.75 Å². The molecule has 3 saturated heterocycles. The number of likely N-dealkylation sites (tertiary alicyclic amines) is 3. The van der Waals surface area contributed by atoms with Crippen molar-refractivity contribution in [1.82, 2.24) is 14.7 Å². The van der Waals surface area contributed by atoms with Crippen LogP contribution >= 0.6 is 0 Å². The molecule has 3 fully saturated rings. The highest BCUT2D eigenvalue weighted by molar-refractivity contribution is 5.77. The Morgan fingerprint density at radius 3 is 2.63 bits per heavy atom. The minimum atomic E-state index is 0.340. The number of hydrogen-bond donors (Lipinski definition) is 0. The number of likely N-dealkylation sites (N-methyl/N-ethyl adjacent to an activating group) is 1. The molecular weight excluding hydrogens is 338 g/mol. The van der Waals surface area contributed by atoms with Gasteiger partial charge in [0.25, 0.3) is 0 Å². The molecule has 3 aliphatic rings. The Morgan fingerprint density at radius 1 is 1.15 bits per heavy atom. The second-order valence-corrected chi connectivity index (χ2v) is 8.81. The first-order valence-electron chi connectivity index (χ1n) is 10.4. The zero-order valence-corrected chi connectivity index (χ0v) is 16.8. The van der Waals surface area contributed by atoms with Gasteiger partial charge < -0.3 is 14.5 Å². The molecule has 27 heavy (non-hydrogen) atoms. The number of rotatable bonds is 4. The Kier molecular flexibility index (Phi) is 5.42. The van der Waals surface area contributed by atoms with Crippen LogP contribution in [0.25, 0.3) is 0 Å². The lowest BCUT2D eigenvalue weighted by molar-refractivity contribution is -0.142. The molecule has 4 rings (SSSR count). The van der Waals surface area contributed by atoms with Gasteiger partial charge in [-0.15, -0.1) is 0 Å². The summed E-state index contributed by atoms with van der Waals surface area (Å²) in [5.74, 6) is 1.37. The topological polar surface area (TPSA) is 36.0 Å². The van der Waals surface area contributed by atoms with Gasteiger partial charge in [-0.1, -0.05) is 18.2 Å². The van der Waals surface area contributed by atoms with Crippen LogP contribution in [0.4, 0.5) is 0 Å². The minimum Gasteiger partial charge on any atom is -0.496 e. The lowest BCUT2D eigenvalue weighted by Crippen LogP contribution is -2.54. The first-order chi connectivity index (χ1) is 13.1. The smallest absolute Gasteiger partial charge is 0.222 e. The molecule has 0 unspecified atom stereocenters. The number of amides is 1. The SMILES string of the molecule is COc1ccccc1CN1CCC2(CCC(=O)N([C@H]3CCN(C)C3)C2)CC1. The van der Waals surface area contributed by atoms with Gasteiger partial charge in [-0.25, -0.2) is 0 Å². The van der Waals surface area contributed by atoms with Crippen LogP contribution in [0.2, 0.25) is 0 Å². The summed E-state index contributed by atoms with van der Waals surface area (Å²) in [6.45, 7) is 6.33. The largest absolute Gasteiger partial charge is 0.496 e. The van der Waals surface area contributed by atoms with Gasteiger partial charge in [0.05, 0.1) is 7.11 Å². The van der Waals surface area contributed by atoms with E-state index in [1.165, 1.54) is 18.4 Å². The van der Waals surface area contributed by atoms with E-state index in [4.69, 9.17) is 4.74 Å². The van der Waals surface area contributed by atoms with E-state index in [2.05, 4.69) is 33.9 Å². The number of hydrogen-bond acceptors (Lipinski definition) is 4. The van der Waals surface area contributed by atoms with Gasteiger partial charge in [0.1, 0.15) is 5.75 Å². The van der Waals surface area contributed by atoms with E-state index in [0.29, 0.717) is 17.4 Å². The number of carbonyl (C=O) groups is 1. The Hall–Kier alpha value is -1.59. The fourth-order valence-electron chi connectivity index (χ4n) is 5.21. The highest BCUT2D eigenvalue weighted by Crippen LogP contribution is 2.41. The summed E-state index contributed by atoms with van der Waals surface area (Å²) in [5, 5.41) is 0. The van der Waals surface area contributed by atoms with Gasteiger partial charge >= 0.3 is 0 Å². The number of para-hydroxylation sites is 1. The van der Waals surface area contributed by atoms with Crippen molar-refractivity contribution < 1.29 is 9.53 Å². The average molecular weight is 372 g/mol. The number of carbonyl (C=O) groups excluding carboxylic acids is 1. The molecule has 3 heterocycles. The molecule has 1 aromatic carbocycles. The molecule has 3 aliphatic heterocycles. The molecule has 148 valence electrons. The van der Waals surface area contributed by atoms with E-state index < -0.39 is 0 Å². The van der Waals surface area contributed by atoms with Gasteiger partial charge in [0, 0.05) is 37.7 Å². The van der Waals surface area contributed by atoms with Crippen molar-refractivity contribution in [1.29, 1.82) is 0 Å². The van der Waals surface area contributed by atoms with Crippen LogP contribution < -0.4 is 4.74 Å². The maximum atomic E-state index is 12.6. The van der Waals surface area contributed by atoms with Crippen molar-refractivity contribution in [2.45, 2.75) is 44.7 Å². The monoisotopic (exact) mass is 371 g/mol. The van der Waals surface area contributed by atoms with E-state index in [0.717, 1.165) is 64.3 Å². The van der Waals surface area contributed by atoms with Gasteiger partial charge in [-0.05, 0) is 63.8 Å². The third-order valence-corrected chi connectivity index (χ3v) is 7.01. The van der Waals surface area contributed by atoms with Crippen molar-refractivity contribution >= 4 is 5.91 Å². The van der Waals surface area contributed by atoms with Gasteiger partial charge in [0.15, 0.2) is 0 Å². The number of benzene rings is 1. The zero-order chi connectivity index (χ0) is 18.9. The molecule has 0 saturated carbocycles. The quantitative estimate of drug-likeness (QED) is 0.815. The molecule has 0 aromatic heterocycles. The van der Waals surface area contributed by atoms with Crippen LogP contribution in [0, 0.1) is 5.41 Å². The maximum absolute atomic E-state index is 12.6. The normalized spacial score (nSPS) is 26.7.